The molecule has 2 radical (unpaired) electrons. The van der Waals surface area contributed by atoms with E-state index in [4.69, 9.17) is 0 Å². The maximum Gasteiger partial charge on any atom is 0.180 e. The van der Waals surface area contributed by atoms with E-state index in [0.717, 1.165) is 17.5 Å². The molecule has 1 aliphatic rings. The van der Waals surface area contributed by atoms with Crippen molar-refractivity contribution in [3.05, 3.63) is 77.8 Å². The number of fused-ring (bicyclic) bond motifs is 1. The minimum atomic E-state index is -0.206. The molecule has 0 fully saturated rings. The van der Waals surface area contributed by atoms with Crippen molar-refractivity contribution in [1.29, 1.82) is 0 Å². The number of benzene rings is 2. The van der Waals surface area contributed by atoms with Crippen molar-refractivity contribution in [2.45, 2.75) is 12.5 Å². The van der Waals surface area contributed by atoms with Crippen LogP contribution in [0.5, 0.6) is 0 Å². The van der Waals surface area contributed by atoms with E-state index in [1.807, 2.05) is 48.5 Å². The quantitative estimate of drug-likeness (QED) is 0.810. The summed E-state index contributed by atoms with van der Waals surface area (Å²) in [5.74, 6) is 0.123. The molecule has 0 aliphatic carbocycles. The first-order valence-corrected chi connectivity index (χ1v) is 6.03. The van der Waals surface area contributed by atoms with Crippen LogP contribution in [0.3, 0.4) is 0 Å². The number of hydrogen-bond donors (Lipinski definition) is 1. The van der Waals surface area contributed by atoms with Crippen LogP contribution in [0.25, 0.3) is 0 Å². The van der Waals surface area contributed by atoms with Gasteiger partial charge in [0.15, 0.2) is 5.78 Å². The largest absolute Gasteiger partial charge is 0.293 e. The number of hydrogen-bond acceptors (Lipinski definition) is 2. The fourth-order valence-corrected chi connectivity index (χ4v) is 2.22. The van der Waals surface area contributed by atoms with Crippen molar-refractivity contribution in [1.82, 2.24) is 5.32 Å². The topological polar surface area (TPSA) is 29.1 Å². The lowest BCUT2D eigenvalue weighted by atomic mass is 9.91. The van der Waals surface area contributed by atoms with Crippen LogP contribution in [-0.2, 0) is 6.42 Å². The van der Waals surface area contributed by atoms with Crippen molar-refractivity contribution < 1.29 is 4.79 Å². The molecule has 0 amide bonds. The standard InChI is InChI=1S/C16H13NO/c18-16(12-6-2-1-3-7-12)15-10-13-8-4-5-9-14(13)11-17-15/h1-9,15,17H,10H2. The van der Waals surface area contributed by atoms with Gasteiger partial charge in [-0.15, -0.1) is 0 Å². The highest BCUT2D eigenvalue weighted by atomic mass is 16.1. The van der Waals surface area contributed by atoms with Crippen LogP contribution in [0.15, 0.2) is 54.6 Å². The molecule has 1 heterocycles. The predicted octanol–water partition coefficient (Wildman–Crippen LogP) is 2.47. The van der Waals surface area contributed by atoms with Gasteiger partial charge in [-0.3, -0.25) is 10.1 Å². The molecule has 0 spiro atoms. The van der Waals surface area contributed by atoms with Crippen LogP contribution in [-0.4, -0.2) is 11.8 Å². The normalized spacial score (nSPS) is 18.1. The lowest BCUT2D eigenvalue weighted by molar-refractivity contribution is 0.0945. The van der Waals surface area contributed by atoms with E-state index in [2.05, 4.69) is 17.9 Å². The summed E-state index contributed by atoms with van der Waals surface area (Å²) >= 11 is 0. The number of carbonyl (C=O) groups excluding carboxylic acids is 1. The molecule has 3 rings (SSSR count). The van der Waals surface area contributed by atoms with Gasteiger partial charge in [0, 0.05) is 5.56 Å². The van der Waals surface area contributed by atoms with Gasteiger partial charge in [0.2, 0.25) is 0 Å². The summed E-state index contributed by atoms with van der Waals surface area (Å²) < 4.78 is 0. The molecule has 0 saturated carbocycles. The van der Waals surface area contributed by atoms with Crippen LogP contribution in [0.2, 0.25) is 0 Å². The van der Waals surface area contributed by atoms with E-state index in [1.165, 1.54) is 5.56 Å². The predicted molar refractivity (Wildman–Crippen MR) is 70.2 cm³/mol. The van der Waals surface area contributed by atoms with Gasteiger partial charge in [-0.05, 0) is 17.5 Å². The van der Waals surface area contributed by atoms with E-state index < -0.39 is 0 Å². The van der Waals surface area contributed by atoms with Crippen LogP contribution < -0.4 is 5.32 Å². The molecule has 88 valence electrons. The molecule has 0 aromatic heterocycles. The number of carbonyl (C=O) groups is 1. The van der Waals surface area contributed by atoms with Crippen LogP contribution in [0.4, 0.5) is 0 Å². The van der Waals surface area contributed by atoms with Crippen molar-refractivity contribution in [3.63, 3.8) is 0 Å². The van der Waals surface area contributed by atoms with Crippen molar-refractivity contribution in [3.8, 4) is 0 Å². The lowest BCUT2D eigenvalue weighted by Crippen LogP contribution is -2.40. The number of ketones is 1. The Hall–Kier alpha value is -1.93. The third kappa shape index (κ3) is 2.07. The molecule has 1 aliphatic heterocycles. The molecule has 0 saturated heterocycles. The number of nitrogens with one attached hydrogen (secondary N) is 1. The van der Waals surface area contributed by atoms with Gasteiger partial charge in [0.25, 0.3) is 0 Å². The molecule has 18 heavy (non-hydrogen) atoms. The lowest BCUT2D eigenvalue weighted by Gasteiger charge is -2.24. The summed E-state index contributed by atoms with van der Waals surface area (Å²) in [6.07, 6.45) is 0.719. The van der Waals surface area contributed by atoms with E-state index in [9.17, 15) is 4.79 Å². The van der Waals surface area contributed by atoms with Gasteiger partial charge >= 0.3 is 0 Å². The van der Waals surface area contributed by atoms with E-state index >= 15 is 0 Å². The number of Topliss-reactive ketones (excluding diaryl/α,β-unsaturated/α-hetero) is 1. The monoisotopic (exact) mass is 235 g/mol. The Morgan fingerprint density at radius 2 is 1.78 bits per heavy atom. The van der Waals surface area contributed by atoms with E-state index in [-0.39, 0.29) is 11.8 Å². The summed E-state index contributed by atoms with van der Waals surface area (Å²) in [5, 5.41) is 3.07. The van der Waals surface area contributed by atoms with Gasteiger partial charge in [-0.1, -0.05) is 54.6 Å². The van der Waals surface area contributed by atoms with Crippen LogP contribution in [0, 0.1) is 6.54 Å². The first kappa shape index (κ1) is 11.2. The molecular weight excluding hydrogens is 222 g/mol. The number of rotatable bonds is 2. The third-order valence-corrected chi connectivity index (χ3v) is 3.20. The van der Waals surface area contributed by atoms with Gasteiger partial charge < -0.3 is 0 Å². The van der Waals surface area contributed by atoms with Gasteiger partial charge in [-0.2, -0.15) is 0 Å². The molecule has 2 aromatic rings. The Bertz CT molecular complexity index is 562. The SMILES string of the molecule is O=C(c1ccccc1)C1Cc2ccccc2[C]N1. The Morgan fingerprint density at radius 1 is 1.06 bits per heavy atom. The summed E-state index contributed by atoms with van der Waals surface area (Å²) in [6, 6.07) is 17.2. The molecule has 2 aromatic carbocycles. The van der Waals surface area contributed by atoms with Gasteiger partial charge in [0.1, 0.15) is 0 Å². The highest BCUT2D eigenvalue weighted by Crippen LogP contribution is 2.19. The molecule has 1 N–H and O–H groups in total. The highest BCUT2D eigenvalue weighted by Gasteiger charge is 2.25. The van der Waals surface area contributed by atoms with Crippen molar-refractivity contribution >= 4 is 5.78 Å². The maximum atomic E-state index is 12.3. The fraction of sp³-hybridized carbons (Fsp3) is 0.125. The average Bonchev–Trinajstić information content (AvgIpc) is 2.47. The zero-order valence-corrected chi connectivity index (χ0v) is 9.89. The molecule has 1 unspecified atom stereocenters. The first-order valence-electron chi connectivity index (χ1n) is 6.03. The maximum absolute atomic E-state index is 12.3. The third-order valence-electron chi connectivity index (χ3n) is 3.20. The first-order chi connectivity index (χ1) is 8.84. The summed E-state index contributed by atoms with van der Waals surface area (Å²) in [5.41, 5.74) is 2.97. The highest BCUT2D eigenvalue weighted by molar-refractivity contribution is 6.00. The summed E-state index contributed by atoms with van der Waals surface area (Å²) in [6.45, 7) is 3.09. The second kappa shape index (κ2) is 4.75. The van der Waals surface area contributed by atoms with Crippen LogP contribution >= 0.6 is 0 Å². The Labute approximate surface area is 107 Å². The second-order valence-corrected chi connectivity index (χ2v) is 4.41. The molecule has 1 atom stereocenters. The smallest absolute Gasteiger partial charge is 0.180 e. The summed E-state index contributed by atoms with van der Waals surface area (Å²) in [7, 11) is 0. The van der Waals surface area contributed by atoms with Gasteiger partial charge in [0.05, 0.1) is 12.6 Å². The average molecular weight is 235 g/mol. The molecule has 2 heteroatoms. The molecule has 2 nitrogen and oxygen atoms in total. The van der Waals surface area contributed by atoms with E-state index in [0.29, 0.717) is 0 Å². The summed E-state index contributed by atoms with van der Waals surface area (Å²) in [4.78, 5) is 12.3. The van der Waals surface area contributed by atoms with E-state index in [1.54, 1.807) is 0 Å². The Balaban J connectivity index is 1.82. The van der Waals surface area contributed by atoms with Crippen molar-refractivity contribution in [2.75, 3.05) is 0 Å². The van der Waals surface area contributed by atoms with Crippen molar-refractivity contribution in [2.24, 2.45) is 0 Å². The Morgan fingerprint density at radius 3 is 2.61 bits per heavy atom. The zero-order valence-electron chi connectivity index (χ0n) is 9.89. The fourth-order valence-electron chi connectivity index (χ4n) is 2.22. The Kier molecular flexibility index (Phi) is 2.95. The van der Waals surface area contributed by atoms with Crippen LogP contribution in [0.1, 0.15) is 21.5 Å². The zero-order chi connectivity index (χ0) is 12.4. The minimum Gasteiger partial charge on any atom is -0.293 e. The second-order valence-electron chi connectivity index (χ2n) is 4.41. The molecule has 0 bridgehead atoms. The minimum absolute atomic E-state index is 0.123. The van der Waals surface area contributed by atoms with Gasteiger partial charge in [-0.25, -0.2) is 0 Å². The molecular formula is C16H13NO.